The summed E-state index contributed by atoms with van der Waals surface area (Å²) in [7, 11) is 0. The summed E-state index contributed by atoms with van der Waals surface area (Å²) in [6, 6.07) is 4.96. The fraction of sp³-hybridized carbons (Fsp3) is 0.0833. The van der Waals surface area contributed by atoms with Gasteiger partial charge in [0.05, 0.1) is 11.9 Å². The molecule has 0 aliphatic carbocycles. The molecule has 2 aromatic rings. The molecule has 86 valence electrons. The first kappa shape index (κ1) is 11.5. The average Bonchev–Trinajstić information content (AvgIpc) is 2.32. The molecule has 1 amide bonds. The highest BCUT2D eigenvalue weighted by Gasteiger charge is 2.09. The van der Waals surface area contributed by atoms with Gasteiger partial charge in [0.1, 0.15) is 5.69 Å². The normalized spacial score (nSPS) is 10.0. The number of carbonyl (C=O) groups is 1. The molecular formula is C12H10ClN3O. The Morgan fingerprint density at radius 2 is 2.18 bits per heavy atom. The highest BCUT2D eigenvalue weighted by molar-refractivity contribution is 6.30. The number of carbonyl (C=O) groups excluding carboxylic acids is 1. The van der Waals surface area contributed by atoms with Crippen molar-refractivity contribution in [3.8, 4) is 0 Å². The highest BCUT2D eigenvalue weighted by atomic mass is 35.5. The van der Waals surface area contributed by atoms with Crippen LogP contribution in [-0.2, 0) is 0 Å². The number of hydrogen-bond acceptors (Lipinski definition) is 3. The smallest absolute Gasteiger partial charge is 0.274 e. The van der Waals surface area contributed by atoms with Crippen LogP contribution in [0.4, 0.5) is 5.69 Å². The Morgan fingerprint density at radius 1 is 1.35 bits per heavy atom. The van der Waals surface area contributed by atoms with Crippen molar-refractivity contribution < 1.29 is 4.79 Å². The lowest BCUT2D eigenvalue weighted by Gasteiger charge is -2.06. The first-order chi connectivity index (χ1) is 8.16. The molecule has 0 unspecified atom stereocenters. The van der Waals surface area contributed by atoms with Crippen molar-refractivity contribution in [3.05, 3.63) is 53.1 Å². The van der Waals surface area contributed by atoms with Crippen LogP contribution in [-0.4, -0.2) is 15.9 Å². The fourth-order valence-electron chi connectivity index (χ4n) is 1.31. The minimum absolute atomic E-state index is 0.278. The van der Waals surface area contributed by atoms with E-state index in [1.54, 1.807) is 18.5 Å². The first-order valence-electron chi connectivity index (χ1n) is 5.00. The molecule has 5 heteroatoms. The lowest BCUT2D eigenvalue weighted by molar-refractivity contribution is 0.102. The third-order valence-electron chi connectivity index (χ3n) is 2.24. The molecule has 0 bridgehead atoms. The Hall–Kier alpha value is -1.94. The summed E-state index contributed by atoms with van der Waals surface area (Å²) in [6.45, 7) is 1.89. The van der Waals surface area contributed by atoms with Crippen LogP contribution >= 0.6 is 11.6 Å². The first-order valence-corrected chi connectivity index (χ1v) is 5.38. The van der Waals surface area contributed by atoms with E-state index < -0.39 is 0 Å². The SMILES string of the molecule is Cc1ccncc1NC(=O)c1cc(Cl)ccn1. The Balaban J connectivity index is 2.20. The second-order valence-electron chi connectivity index (χ2n) is 3.50. The molecule has 2 aromatic heterocycles. The van der Waals surface area contributed by atoms with Crippen LogP contribution in [0.15, 0.2) is 36.8 Å². The van der Waals surface area contributed by atoms with E-state index in [1.165, 1.54) is 12.3 Å². The monoisotopic (exact) mass is 247 g/mol. The van der Waals surface area contributed by atoms with Gasteiger partial charge in [-0.15, -0.1) is 0 Å². The van der Waals surface area contributed by atoms with Crippen molar-refractivity contribution in [3.63, 3.8) is 0 Å². The van der Waals surface area contributed by atoms with E-state index >= 15 is 0 Å². The molecule has 1 N–H and O–H groups in total. The topological polar surface area (TPSA) is 54.9 Å². The molecule has 0 aromatic carbocycles. The van der Waals surface area contributed by atoms with Crippen molar-refractivity contribution in [1.29, 1.82) is 0 Å². The van der Waals surface area contributed by atoms with Gasteiger partial charge in [0.15, 0.2) is 0 Å². The zero-order chi connectivity index (χ0) is 12.3. The third kappa shape index (κ3) is 2.79. The van der Waals surface area contributed by atoms with E-state index in [1.807, 2.05) is 13.0 Å². The Kier molecular flexibility index (Phi) is 3.35. The molecule has 4 nitrogen and oxygen atoms in total. The molecular weight excluding hydrogens is 238 g/mol. The molecule has 17 heavy (non-hydrogen) atoms. The van der Waals surface area contributed by atoms with E-state index in [0.717, 1.165) is 5.56 Å². The highest BCUT2D eigenvalue weighted by Crippen LogP contribution is 2.14. The number of rotatable bonds is 2. The van der Waals surface area contributed by atoms with Gasteiger partial charge in [0.25, 0.3) is 5.91 Å². The summed E-state index contributed by atoms with van der Waals surface area (Å²) in [5.74, 6) is -0.302. The molecule has 0 fully saturated rings. The molecule has 2 rings (SSSR count). The fourth-order valence-corrected chi connectivity index (χ4v) is 1.47. The lowest BCUT2D eigenvalue weighted by Crippen LogP contribution is -2.14. The summed E-state index contributed by atoms with van der Waals surface area (Å²) in [5.41, 5.74) is 1.88. The van der Waals surface area contributed by atoms with Crippen molar-refractivity contribution in [1.82, 2.24) is 9.97 Å². The number of nitrogens with one attached hydrogen (secondary N) is 1. The zero-order valence-corrected chi connectivity index (χ0v) is 9.90. The number of aryl methyl sites for hydroxylation is 1. The molecule has 0 aliphatic rings. The summed E-state index contributed by atoms with van der Waals surface area (Å²) in [5, 5.41) is 3.21. The number of hydrogen-bond donors (Lipinski definition) is 1. The Morgan fingerprint density at radius 3 is 2.88 bits per heavy atom. The van der Waals surface area contributed by atoms with Gasteiger partial charge in [-0.3, -0.25) is 14.8 Å². The number of amides is 1. The molecule has 0 aliphatic heterocycles. The van der Waals surface area contributed by atoms with Gasteiger partial charge in [-0.1, -0.05) is 11.6 Å². The van der Waals surface area contributed by atoms with Crippen LogP contribution in [0.3, 0.4) is 0 Å². The predicted molar refractivity (Wildman–Crippen MR) is 66.2 cm³/mol. The maximum Gasteiger partial charge on any atom is 0.274 e. The molecule has 0 spiro atoms. The van der Waals surface area contributed by atoms with E-state index in [4.69, 9.17) is 11.6 Å². The minimum atomic E-state index is -0.302. The lowest BCUT2D eigenvalue weighted by atomic mass is 10.2. The summed E-state index contributed by atoms with van der Waals surface area (Å²) >= 11 is 5.79. The second kappa shape index (κ2) is 4.93. The molecule has 2 heterocycles. The van der Waals surface area contributed by atoms with Crippen LogP contribution < -0.4 is 5.32 Å². The Bertz CT molecular complexity index is 557. The van der Waals surface area contributed by atoms with Crippen molar-refractivity contribution in [2.45, 2.75) is 6.92 Å². The minimum Gasteiger partial charge on any atom is -0.319 e. The largest absolute Gasteiger partial charge is 0.319 e. The number of aromatic nitrogens is 2. The van der Waals surface area contributed by atoms with Crippen LogP contribution in [0.2, 0.25) is 5.02 Å². The summed E-state index contributed by atoms with van der Waals surface area (Å²) in [6.07, 6.45) is 4.76. The summed E-state index contributed by atoms with van der Waals surface area (Å²) in [4.78, 5) is 19.8. The maximum absolute atomic E-state index is 11.9. The van der Waals surface area contributed by atoms with E-state index in [-0.39, 0.29) is 11.6 Å². The van der Waals surface area contributed by atoms with Gasteiger partial charge in [0.2, 0.25) is 0 Å². The number of anilines is 1. The van der Waals surface area contributed by atoms with Crippen molar-refractivity contribution >= 4 is 23.2 Å². The van der Waals surface area contributed by atoms with Gasteiger partial charge in [-0.2, -0.15) is 0 Å². The van der Waals surface area contributed by atoms with Crippen LogP contribution in [0.5, 0.6) is 0 Å². The average molecular weight is 248 g/mol. The number of pyridine rings is 2. The van der Waals surface area contributed by atoms with Crippen molar-refractivity contribution in [2.75, 3.05) is 5.32 Å². The van der Waals surface area contributed by atoms with Crippen LogP contribution in [0.1, 0.15) is 16.1 Å². The van der Waals surface area contributed by atoms with Crippen LogP contribution in [0, 0.1) is 6.92 Å². The van der Waals surface area contributed by atoms with E-state index in [9.17, 15) is 4.79 Å². The van der Waals surface area contributed by atoms with E-state index in [0.29, 0.717) is 10.7 Å². The molecule has 0 atom stereocenters. The van der Waals surface area contributed by atoms with Gasteiger partial charge < -0.3 is 5.32 Å². The Labute approximate surface area is 104 Å². The molecule has 0 saturated carbocycles. The standard InChI is InChI=1S/C12H10ClN3O/c1-8-2-4-14-7-11(8)16-12(17)10-6-9(13)3-5-15-10/h2-7H,1H3,(H,16,17). The second-order valence-corrected chi connectivity index (χ2v) is 3.94. The van der Waals surface area contributed by atoms with Crippen molar-refractivity contribution in [2.24, 2.45) is 0 Å². The molecule has 0 radical (unpaired) electrons. The van der Waals surface area contributed by atoms with Gasteiger partial charge >= 0.3 is 0 Å². The number of nitrogens with zero attached hydrogens (tertiary/aromatic N) is 2. The van der Waals surface area contributed by atoms with E-state index in [2.05, 4.69) is 15.3 Å². The predicted octanol–water partition coefficient (Wildman–Crippen LogP) is 2.69. The maximum atomic E-state index is 11.9. The van der Waals surface area contributed by atoms with Gasteiger partial charge in [-0.05, 0) is 30.7 Å². The quantitative estimate of drug-likeness (QED) is 0.888. The van der Waals surface area contributed by atoms with Crippen LogP contribution in [0.25, 0.3) is 0 Å². The summed E-state index contributed by atoms with van der Waals surface area (Å²) < 4.78 is 0. The zero-order valence-electron chi connectivity index (χ0n) is 9.14. The van der Waals surface area contributed by atoms with Gasteiger partial charge in [0, 0.05) is 17.4 Å². The van der Waals surface area contributed by atoms with Gasteiger partial charge in [-0.25, -0.2) is 0 Å². The number of halogens is 1. The third-order valence-corrected chi connectivity index (χ3v) is 2.48. The molecule has 0 saturated heterocycles.